The SMILES string of the molecule is [I][Au].[I][Au].c1ccc(P(c2ccccc2)c2ccc3ccccc3c2-c2c(P(c3ccccc3)c3ccccc3)ccc3ccccc23)cc1. The summed E-state index contributed by atoms with van der Waals surface area (Å²) in [4.78, 5) is 0. The molecule has 50 heavy (non-hydrogen) atoms. The predicted molar refractivity (Wildman–Crippen MR) is 232 cm³/mol. The minimum atomic E-state index is -0.852. The third-order valence-corrected chi connectivity index (χ3v) is 13.6. The van der Waals surface area contributed by atoms with Crippen molar-refractivity contribution < 1.29 is 34.5 Å². The molecule has 0 nitrogen and oxygen atoms in total. The van der Waals surface area contributed by atoms with Crippen molar-refractivity contribution in [3.63, 3.8) is 0 Å². The molecule has 0 aliphatic rings. The van der Waals surface area contributed by atoms with Gasteiger partial charge in [-0.05, 0) is 80.3 Å². The zero-order chi connectivity index (χ0) is 34.7. The molecule has 0 aromatic heterocycles. The van der Waals surface area contributed by atoms with Crippen LogP contribution in [0.4, 0.5) is 0 Å². The van der Waals surface area contributed by atoms with Gasteiger partial charge in [0, 0.05) is 0 Å². The second kappa shape index (κ2) is 19.2. The average Bonchev–Trinajstić information content (AvgIpc) is 3.21. The van der Waals surface area contributed by atoms with Gasteiger partial charge in [0.15, 0.2) is 0 Å². The molecule has 0 saturated heterocycles. The molecular formula is C44H32Au2I2P2. The number of rotatable bonds is 7. The summed E-state index contributed by atoms with van der Waals surface area (Å²) < 4.78 is 0. The summed E-state index contributed by atoms with van der Waals surface area (Å²) in [6.45, 7) is 0. The molecule has 0 heterocycles. The fraction of sp³-hybridized carbons (Fsp3) is 0. The Kier molecular flexibility index (Phi) is 14.6. The Morgan fingerprint density at radius 2 is 0.540 bits per heavy atom. The van der Waals surface area contributed by atoms with Crippen LogP contribution in [0.2, 0.25) is 0 Å². The van der Waals surface area contributed by atoms with Crippen molar-refractivity contribution >= 4 is 107 Å². The standard InChI is InChI=1S/C44H32P2.2Au.2HI/c1-5-19-35(20-6-1)45(36-21-7-2-8-22-36)41-31-29-33-17-13-15-27-39(33)43(41)44-40-28-16-14-18-34(40)30-32-42(44)46(37-23-9-3-10-24-37)38-25-11-4-12-26-38;;;;/h1-32H;;;2*1H/q;2*+1;;/p-2. The van der Waals surface area contributed by atoms with E-state index in [4.69, 9.17) is 0 Å². The van der Waals surface area contributed by atoms with Crippen LogP contribution in [0.5, 0.6) is 0 Å². The molecule has 0 atom stereocenters. The Bertz CT molecular complexity index is 2030. The second-order valence-electron chi connectivity index (χ2n) is 11.4. The third-order valence-electron chi connectivity index (χ3n) is 8.60. The number of halogens is 2. The molecule has 0 aliphatic carbocycles. The Balaban J connectivity index is 0.00000104. The first-order valence-electron chi connectivity index (χ1n) is 15.9. The monoisotopic (exact) mass is 1270 g/mol. The van der Waals surface area contributed by atoms with E-state index in [0.29, 0.717) is 0 Å². The molecule has 8 aromatic carbocycles. The normalized spacial score (nSPS) is 10.8. The van der Waals surface area contributed by atoms with E-state index < -0.39 is 15.8 Å². The molecule has 8 aromatic rings. The first-order valence-corrected chi connectivity index (χ1v) is 30.9. The van der Waals surface area contributed by atoms with E-state index in [1.54, 1.807) is 0 Å². The molecule has 0 aliphatic heterocycles. The molecule has 0 fully saturated rings. The van der Waals surface area contributed by atoms with E-state index in [2.05, 4.69) is 267 Å². The van der Waals surface area contributed by atoms with Crippen molar-refractivity contribution in [2.75, 3.05) is 0 Å². The van der Waals surface area contributed by atoms with E-state index in [-0.39, 0.29) is 0 Å². The summed E-state index contributed by atoms with van der Waals surface area (Å²) >= 11 is 8.68. The van der Waals surface area contributed by atoms with Gasteiger partial charge in [-0.25, -0.2) is 0 Å². The predicted octanol–water partition coefficient (Wildman–Crippen LogP) is 10.9. The molecule has 6 heteroatoms. The van der Waals surface area contributed by atoms with Crippen molar-refractivity contribution in [2.45, 2.75) is 0 Å². The van der Waals surface area contributed by atoms with Gasteiger partial charge in [0.1, 0.15) is 0 Å². The van der Waals surface area contributed by atoms with Crippen LogP contribution in [0.25, 0.3) is 32.7 Å². The van der Waals surface area contributed by atoms with Crippen molar-refractivity contribution in [3.8, 4) is 11.1 Å². The Labute approximate surface area is 342 Å². The molecule has 8 rings (SSSR count). The van der Waals surface area contributed by atoms with E-state index in [1.165, 1.54) is 64.5 Å². The van der Waals surface area contributed by atoms with Gasteiger partial charge < -0.3 is 0 Å². The Morgan fingerprint density at radius 3 is 0.840 bits per heavy atom. The maximum Gasteiger partial charge on any atom is -0.000884 e. The van der Waals surface area contributed by atoms with E-state index in [1.807, 2.05) is 0 Å². The van der Waals surface area contributed by atoms with Crippen molar-refractivity contribution in [1.82, 2.24) is 0 Å². The van der Waals surface area contributed by atoms with Crippen LogP contribution in [-0.2, 0) is 34.5 Å². The maximum absolute atomic E-state index is 2.42. The quantitative estimate of drug-likeness (QED) is 0.0848. The minimum absolute atomic E-state index is 0.852. The van der Waals surface area contributed by atoms with E-state index >= 15 is 0 Å². The van der Waals surface area contributed by atoms with E-state index in [9.17, 15) is 0 Å². The molecule has 254 valence electrons. The molecular weight excluding hydrogens is 1240 g/mol. The molecule has 0 unspecified atom stereocenters. The number of hydrogen-bond donors (Lipinski definition) is 0. The van der Waals surface area contributed by atoms with Gasteiger partial charge in [0.25, 0.3) is 0 Å². The largest absolute Gasteiger partial charge is 0.0622 e. The van der Waals surface area contributed by atoms with Crippen molar-refractivity contribution in [3.05, 3.63) is 194 Å². The third kappa shape index (κ3) is 8.32. The van der Waals surface area contributed by atoms with Gasteiger partial charge in [0.2, 0.25) is 0 Å². The van der Waals surface area contributed by atoms with Crippen LogP contribution in [0.3, 0.4) is 0 Å². The minimum Gasteiger partial charge on any atom is -0.0622 e. The van der Waals surface area contributed by atoms with Crippen molar-refractivity contribution in [1.29, 1.82) is 0 Å². The topological polar surface area (TPSA) is 0 Å². The summed E-state index contributed by atoms with van der Waals surface area (Å²) in [5, 5.41) is 13.3. The summed E-state index contributed by atoms with van der Waals surface area (Å²) in [6, 6.07) is 71.8. The van der Waals surface area contributed by atoms with Gasteiger partial charge in [0.05, 0.1) is 0 Å². The molecule has 0 amide bonds. The number of fused-ring (bicyclic) bond motifs is 2. The molecule has 0 spiro atoms. The first-order chi connectivity index (χ1) is 24.9. The Morgan fingerprint density at radius 1 is 0.280 bits per heavy atom. The zero-order valence-corrected chi connectivity index (χ0v) is 37.2. The smallest absolute Gasteiger partial charge is 0.000884 e. The zero-order valence-electron chi connectivity index (χ0n) is 26.7. The Hall–Kier alpha value is -1.92. The first kappa shape index (κ1) is 37.8. The van der Waals surface area contributed by atoms with Crippen LogP contribution >= 0.6 is 53.9 Å². The van der Waals surface area contributed by atoms with Crippen LogP contribution in [0, 0.1) is 0 Å². The van der Waals surface area contributed by atoms with Crippen LogP contribution in [0.15, 0.2) is 194 Å². The summed E-state index contributed by atoms with van der Waals surface area (Å²) in [6.07, 6.45) is 0. The van der Waals surface area contributed by atoms with Crippen molar-refractivity contribution in [2.24, 2.45) is 0 Å². The average molecular weight is 1270 g/mol. The molecule has 0 N–H and O–H groups in total. The van der Waals surface area contributed by atoms with Crippen LogP contribution in [-0.4, -0.2) is 0 Å². The number of hydrogen-bond acceptors (Lipinski definition) is 0. The summed E-state index contributed by atoms with van der Waals surface area (Å²) in [7, 11) is -1.70. The molecule has 0 saturated carbocycles. The van der Waals surface area contributed by atoms with Gasteiger partial charge in [-0.15, -0.1) is 0 Å². The van der Waals surface area contributed by atoms with E-state index in [0.717, 1.165) is 0 Å². The van der Waals surface area contributed by atoms with Gasteiger partial charge in [-0.2, -0.15) is 0 Å². The van der Waals surface area contributed by atoms with Gasteiger partial charge >= 0.3 is 72.5 Å². The summed E-state index contributed by atoms with van der Waals surface area (Å²) in [5.41, 5.74) is 2.70. The molecule has 0 bridgehead atoms. The van der Waals surface area contributed by atoms with Crippen LogP contribution in [0.1, 0.15) is 0 Å². The maximum atomic E-state index is 2.42. The van der Waals surface area contributed by atoms with Gasteiger partial charge in [-0.3, -0.25) is 0 Å². The fourth-order valence-corrected chi connectivity index (χ4v) is 11.5. The van der Waals surface area contributed by atoms with Gasteiger partial charge in [-0.1, -0.05) is 194 Å². The molecule has 0 radical (unpaired) electrons. The van der Waals surface area contributed by atoms with Crippen LogP contribution < -0.4 is 31.8 Å². The second-order valence-corrected chi connectivity index (χ2v) is 15.7. The summed E-state index contributed by atoms with van der Waals surface area (Å²) in [5.74, 6) is 0. The fourth-order valence-electron chi connectivity index (χ4n) is 6.58. The number of benzene rings is 8.